The number of aromatic nitrogens is 2. The molecule has 0 saturated heterocycles. The van der Waals surface area contributed by atoms with Crippen molar-refractivity contribution in [1.29, 1.82) is 0 Å². The van der Waals surface area contributed by atoms with Crippen molar-refractivity contribution in [3.05, 3.63) is 41.2 Å². The molecule has 114 valence electrons. The highest BCUT2D eigenvalue weighted by Gasteiger charge is 2.31. The van der Waals surface area contributed by atoms with Crippen LogP contribution in [0.1, 0.15) is 29.9 Å². The van der Waals surface area contributed by atoms with Crippen LogP contribution < -0.4 is 0 Å². The summed E-state index contributed by atoms with van der Waals surface area (Å²) < 4.78 is 26.7. The van der Waals surface area contributed by atoms with Crippen molar-refractivity contribution >= 4 is 10.0 Å². The van der Waals surface area contributed by atoms with Crippen molar-refractivity contribution in [2.24, 2.45) is 0 Å². The molecule has 0 fully saturated rings. The number of hydrogen-bond acceptors (Lipinski definition) is 4. The Bertz CT molecular complexity index is 733. The van der Waals surface area contributed by atoms with Crippen LogP contribution in [0.25, 0.3) is 0 Å². The van der Waals surface area contributed by atoms with Crippen LogP contribution in [-0.2, 0) is 10.0 Å². The zero-order chi connectivity index (χ0) is 15.8. The second kappa shape index (κ2) is 5.50. The second-order valence-corrected chi connectivity index (χ2v) is 6.95. The topological polar surface area (TPSA) is 86.3 Å². The van der Waals surface area contributed by atoms with Gasteiger partial charge in [-0.3, -0.25) is 5.10 Å². The third-order valence-electron chi connectivity index (χ3n) is 3.63. The number of aryl methyl sites for hydroxylation is 2. The van der Waals surface area contributed by atoms with Gasteiger partial charge in [-0.25, -0.2) is 8.42 Å². The van der Waals surface area contributed by atoms with Crippen molar-refractivity contribution in [3.8, 4) is 5.75 Å². The summed E-state index contributed by atoms with van der Waals surface area (Å²) >= 11 is 0. The highest BCUT2D eigenvalue weighted by atomic mass is 32.2. The van der Waals surface area contributed by atoms with Gasteiger partial charge in [0, 0.05) is 12.6 Å². The smallest absolute Gasteiger partial charge is 0.247 e. The van der Waals surface area contributed by atoms with E-state index in [1.807, 2.05) is 0 Å². The largest absolute Gasteiger partial charge is 0.508 e. The van der Waals surface area contributed by atoms with Crippen molar-refractivity contribution in [2.45, 2.75) is 31.7 Å². The Morgan fingerprint density at radius 3 is 2.43 bits per heavy atom. The summed E-state index contributed by atoms with van der Waals surface area (Å²) in [6.07, 6.45) is 0. The molecule has 0 spiro atoms. The first-order valence-electron chi connectivity index (χ1n) is 6.54. The fourth-order valence-corrected chi connectivity index (χ4v) is 3.98. The molecule has 0 radical (unpaired) electrons. The molecule has 1 heterocycles. The predicted octanol–water partition coefficient (Wildman–Crippen LogP) is 2.11. The van der Waals surface area contributed by atoms with Crippen molar-refractivity contribution in [3.63, 3.8) is 0 Å². The molecule has 0 bridgehead atoms. The normalized spacial score (nSPS) is 13.6. The molecular formula is C14H19N3O3S. The summed E-state index contributed by atoms with van der Waals surface area (Å²) in [6.45, 7) is 5.05. The zero-order valence-corrected chi connectivity index (χ0v) is 13.3. The summed E-state index contributed by atoms with van der Waals surface area (Å²) in [5.41, 5.74) is 1.50. The first kappa shape index (κ1) is 15.5. The van der Waals surface area contributed by atoms with Crippen LogP contribution in [0.3, 0.4) is 0 Å². The average molecular weight is 309 g/mol. The summed E-state index contributed by atoms with van der Waals surface area (Å²) in [5.74, 6) is 0.0766. The van der Waals surface area contributed by atoms with Crippen LogP contribution in [0.15, 0.2) is 29.2 Å². The minimum absolute atomic E-state index is 0.0766. The molecule has 0 aliphatic rings. The predicted molar refractivity (Wildman–Crippen MR) is 79.5 cm³/mol. The van der Waals surface area contributed by atoms with Crippen LogP contribution in [0, 0.1) is 13.8 Å². The SMILES string of the molecule is Cc1n[nH]c(C)c1S(=O)(=O)N(C)C(C)c1ccccc1O. The number of phenols is 1. The van der Waals surface area contributed by atoms with E-state index in [0.717, 1.165) is 0 Å². The van der Waals surface area contributed by atoms with Gasteiger partial charge in [0.2, 0.25) is 10.0 Å². The number of aromatic amines is 1. The number of benzene rings is 1. The molecule has 1 unspecified atom stereocenters. The molecule has 6 nitrogen and oxygen atoms in total. The number of rotatable bonds is 4. The van der Waals surface area contributed by atoms with Gasteiger partial charge in [-0.15, -0.1) is 0 Å². The molecule has 21 heavy (non-hydrogen) atoms. The molecule has 2 aromatic rings. The number of nitrogens with one attached hydrogen (secondary N) is 1. The second-order valence-electron chi connectivity index (χ2n) is 5.02. The Kier molecular flexibility index (Phi) is 4.06. The van der Waals surface area contributed by atoms with Gasteiger partial charge >= 0.3 is 0 Å². The van der Waals surface area contributed by atoms with E-state index in [2.05, 4.69) is 10.2 Å². The van der Waals surface area contributed by atoms with Gasteiger partial charge < -0.3 is 5.11 Å². The first-order valence-corrected chi connectivity index (χ1v) is 7.98. The lowest BCUT2D eigenvalue weighted by atomic mass is 10.1. The number of sulfonamides is 1. The van der Waals surface area contributed by atoms with Gasteiger partial charge in [-0.1, -0.05) is 18.2 Å². The van der Waals surface area contributed by atoms with Gasteiger partial charge in [0.05, 0.1) is 17.4 Å². The van der Waals surface area contributed by atoms with E-state index in [-0.39, 0.29) is 10.6 Å². The van der Waals surface area contributed by atoms with Crippen LogP contribution in [0.5, 0.6) is 5.75 Å². The van der Waals surface area contributed by atoms with E-state index in [1.165, 1.54) is 11.4 Å². The standard InChI is InChI=1S/C14H19N3O3S/c1-9-14(10(2)16-15-9)21(19,20)17(4)11(3)12-7-5-6-8-13(12)18/h5-8,11,18H,1-4H3,(H,15,16). The lowest BCUT2D eigenvalue weighted by molar-refractivity contribution is 0.380. The summed E-state index contributed by atoms with van der Waals surface area (Å²) in [7, 11) is -2.19. The minimum atomic E-state index is -3.69. The molecule has 1 aromatic heterocycles. The maximum Gasteiger partial charge on any atom is 0.247 e. The van der Waals surface area contributed by atoms with Gasteiger partial charge in [0.15, 0.2) is 0 Å². The highest BCUT2D eigenvalue weighted by Crippen LogP contribution is 2.32. The highest BCUT2D eigenvalue weighted by molar-refractivity contribution is 7.89. The van der Waals surface area contributed by atoms with Gasteiger partial charge in [-0.05, 0) is 26.8 Å². The molecule has 1 aromatic carbocycles. The molecule has 7 heteroatoms. The van der Waals surface area contributed by atoms with Crippen molar-refractivity contribution < 1.29 is 13.5 Å². The number of phenolic OH excluding ortho intramolecular Hbond substituents is 1. The number of nitrogens with zero attached hydrogens (tertiary/aromatic N) is 2. The third kappa shape index (κ3) is 2.66. The van der Waals surface area contributed by atoms with E-state index in [4.69, 9.17) is 0 Å². The van der Waals surface area contributed by atoms with Crippen LogP contribution in [0.2, 0.25) is 0 Å². The minimum Gasteiger partial charge on any atom is -0.508 e. The first-order chi connectivity index (χ1) is 9.76. The lowest BCUT2D eigenvalue weighted by Crippen LogP contribution is -2.30. The van der Waals surface area contributed by atoms with E-state index in [0.29, 0.717) is 17.0 Å². The fourth-order valence-electron chi connectivity index (χ4n) is 2.31. The van der Waals surface area contributed by atoms with E-state index in [1.54, 1.807) is 45.0 Å². The molecule has 0 amide bonds. The monoisotopic (exact) mass is 309 g/mol. The fraction of sp³-hybridized carbons (Fsp3) is 0.357. The quantitative estimate of drug-likeness (QED) is 0.905. The summed E-state index contributed by atoms with van der Waals surface area (Å²) in [5, 5.41) is 16.5. The van der Waals surface area contributed by atoms with Crippen LogP contribution in [0.4, 0.5) is 0 Å². The Labute approximate surface area is 124 Å². The zero-order valence-electron chi connectivity index (χ0n) is 12.5. The van der Waals surface area contributed by atoms with E-state index in [9.17, 15) is 13.5 Å². The molecule has 0 aliphatic carbocycles. The van der Waals surface area contributed by atoms with Crippen molar-refractivity contribution in [2.75, 3.05) is 7.05 Å². The summed E-state index contributed by atoms with van der Waals surface area (Å²) in [4.78, 5) is 0.187. The molecule has 0 saturated carbocycles. The molecule has 0 aliphatic heterocycles. The van der Waals surface area contributed by atoms with E-state index >= 15 is 0 Å². The van der Waals surface area contributed by atoms with Crippen molar-refractivity contribution in [1.82, 2.24) is 14.5 Å². The Morgan fingerprint density at radius 2 is 1.90 bits per heavy atom. The molecule has 1 atom stereocenters. The maximum absolute atomic E-state index is 12.7. The van der Waals surface area contributed by atoms with Crippen LogP contribution in [-0.4, -0.2) is 35.1 Å². The molecule has 2 rings (SSSR count). The van der Waals surface area contributed by atoms with Gasteiger partial charge in [0.25, 0.3) is 0 Å². The van der Waals surface area contributed by atoms with Crippen LogP contribution >= 0.6 is 0 Å². The number of hydrogen-bond donors (Lipinski definition) is 2. The number of para-hydroxylation sites is 1. The number of H-pyrrole nitrogens is 1. The Morgan fingerprint density at radius 1 is 1.29 bits per heavy atom. The lowest BCUT2D eigenvalue weighted by Gasteiger charge is -2.25. The molecule has 2 N–H and O–H groups in total. The Balaban J connectivity index is 2.44. The Hall–Kier alpha value is -1.86. The van der Waals surface area contributed by atoms with Gasteiger partial charge in [-0.2, -0.15) is 9.40 Å². The van der Waals surface area contributed by atoms with Gasteiger partial charge in [0.1, 0.15) is 10.6 Å². The average Bonchev–Trinajstić information content (AvgIpc) is 2.77. The maximum atomic E-state index is 12.7. The van der Waals surface area contributed by atoms with E-state index < -0.39 is 16.1 Å². The molecular weight excluding hydrogens is 290 g/mol. The number of aromatic hydroxyl groups is 1. The third-order valence-corrected chi connectivity index (χ3v) is 5.82. The summed E-state index contributed by atoms with van der Waals surface area (Å²) in [6, 6.07) is 6.22.